The van der Waals surface area contributed by atoms with E-state index >= 15 is 0 Å². The Balaban J connectivity index is 2.03. The van der Waals surface area contributed by atoms with Gasteiger partial charge in [-0.1, -0.05) is 25.0 Å². The Labute approximate surface area is 96.6 Å². The molecule has 0 saturated heterocycles. The van der Waals surface area contributed by atoms with E-state index < -0.39 is 10.1 Å². The Morgan fingerprint density at radius 2 is 1.88 bits per heavy atom. The van der Waals surface area contributed by atoms with Gasteiger partial charge in [-0.2, -0.15) is 8.42 Å². The van der Waals surface area contributed by atoms with Gasteiger partial charge in [0.1, 0.15) is 0 Å². The van der Waals surface area contributed by atoms with E-state index in [0.29, 0.717) is 0 Å². The summed E-state index contributed by atoms with van der Waals surface area (Å²) in [5, 5.41) is 0. The van der Waals surface area contributed by atoms with Gasteiger partial charge in [0.15, 0.2) is 0 Å². The van der Waals surface area contributed by atoms with E-state index in [1.54, 1.807) is 12.1 Å². The zero-order valence-electron chi connectivity index (χ0n) is 9.35. The molecule has 88 valence electrons. The highest BCUT2D eigenvalue weighted by atomic mass is 32.2. The van der Waals surface area contributed by atoms with Gasteiger partial charge in [0.05, 0.1) is 12.0 Å². The molecular formula is C12H16O3S. The predicted molar refractivity (Wildman–Crippen MR) is 61.7 cm³/mol. The number of hydrogen-bond donors (Lipinski definition) is 0. The van der Waals surface area contributed by atoms with E-state index in [4.69, 9.17) is 0 Å². The normalized spacial score (nSPS) is 16.3. The molecule has 1 saturated carbocycles. The molecular weight excluding hydrogens is 224 g/mol. The Bertz CT molecular complexity index is 444. The molecule has 4 heteroatoms. The van der Waals surface area contributed by atoms with Crippen molar-refractivity contribution < 1.29 is 12.6 Å². The van der Waals surface area contributed by atoms with Crippen molar-refractivity contribution in [3.05, 3.63) is 29.8 Å². The lowest BCUT2D eigenvalue weighted by atomic mass is 10.1. The van der Waals surface area contributed by atoms with Crippen LogP contribution in [0, 0.1) is 5.92 Å². The predicted octanol–water partition coefficient (Wildman–Crippen LogP) is 2.36. The molecule has 0 heterocycles. The van der Waals surface area contributed by atoms with Crippen LogP contribution in [0.15, 0.2) is 29.2 Å². The molecule has 0 atom stereocenters. The number of rotatable bonds is 5. The van der Waals surface area contributed by atoms with Crippen LogP contribution in [0.25, 0.3) is 0 Å². The molecule has 0 N–H and O–H groups in total. The minimum Gasteiger partial charge on any atom is -0.270 e. The molecule has 0 radical (unpaired) electrons. The molecule has 0 spiro atoms. The SMILES string of the molecule is COS(=O)(=O)c1ccc(CCC2CC2)cc1. The van der Waals surface area contributed by atoms with Gasteiger partial charge in [0.25, 0.3) is 10.1 Å². The van der Waals surface area contributed by atoms with Gasteiger partial charge in [-0.3, -0.25) is 4.18 Å². The summed E-state index contributed by atoms with van der Waals surface area (Å²) in [6, 6.07) is 6.96. The maximum atomic E-state index is 11.4. The molecule has 2 rings (SSSR count). The van der Waals surface area contributed by atoms with E-state index in [1.165, 1.54) is 31.9 Å². The second-order valence-corrected chi connectivity index (χ2v) is 5.96. The molecule has 16 heavy (non-hydrogen) atoms. The van der Waals surface area contributed by atoms with E-state index in [1.807, 2.05) is 12.1 Å². The van der Waals surface area contributed by atoms with Crippen molar-refractivity contribution >= 4 is 10.1 Å². The smallest absolute Gasteiger partial charge is 0.270 e. The highest BCUT2D eigenvalue weighted by Gasteiger charge is 2.20. The third-order valence-corrected chi connectivity index (χ3v) is 4.26. The largest absolute Gasteiger partial charge is 0.296 e. The second-order valence-electron chi connectivity index (χ2n) is 4.25. The monoisotopic (exact) mass is 240 g/mol. The van der Waals surface area contributed by atoms with Gasteiger partial charge in [-0.15, -0.1) is 0 Å². The molecule has 1 aliphatic carbocycles. The van der Waals surface area contributed by atoms with Crippen molar-refractivity contribution in [3.8, 4) is 0 Å². The van der Waals surface area contributed by atoms with Gasteiger partial charge >= 0.3 is 0 Å². The highest BCUT2D eigenvalue weighted by Crippen LogP contribution is 2.33. The van der Waals surface area contributed by atoms with Crippen LogP contribution >= 0.6 is 0 Å². The number of hydrogen-bond acceptors (Lipinski definition) is 3. The zero-order valence-corrected chi connectivity index (χ0v) is 10.2. The van der Waals surface area contributed by atoms with E-state index in [0.717, 1.165) is 12.3 Å². The van der Waals surface area contributed by atoms with Crippen molar-refractivity contribution in [1.82, 2.24) is 0 Å². The van der Waals surface area contributed by atoms with Crippen molar-refractivity contribution in [3.63, 3.8) is 0 Å². The standard InChI is InChI=1S/C12H16O3S/c1-15-16(13,14)12-8-6-11(7-9-12)5-4-10-2-3-10/h6-10H,2-5H2,1H3. The minimum absolute atomic E-state index is 0.227. The van der Waals surface area contributed by atoms with Crippen LogP contribution < -0.4 is 0 Å². The van der Waals surface area contributed by atoms with E-state index in [9.17, 15) is 8.42 Å². The highest BCUT2D eigenvalue weighted by molar-refractivity contribution is 7.86. The van der Waals surface area contributed by atoms with Gasteiger partial charge in [-0.05, 0) is 36.5 Å². The third kappa shape index (κ3) is 2.83. The van der Waals surface area contributed by atoms with Gasteiger partial charge < -0.3 is 0 Å². The molecule has 1 aromatic carbocycles. The van der Waals surface area contributed by atoms with Crippen LogP contribution in [0.5, 0.6) is 0 Å². The van der Waals surface area contributed by atoms with Crippen LogP contribution in [-0.2, 0) is 20.7 Å². The summed E-state index contributed by atoms with van der Waals surface area (Å²) < 4.78 is 27.2. The fourth-order valence-corrected chi connectivity index (χ4v) is 2.36. The van der Waals surface area contributed by atoms with E-state index in [2.05, 4.69) is 4.18 Å². The Kier molecular flexibility index (Phi) is 3.30. The average molecular weight is 240 g/mol. The summed E-state index contributed by atoms with van der Waals surface area (Å²) in [6.45, 7) is 0. The molecule has 0 aliphatic heterocycles. The topological polar surface area (TPSA) is 43.4 Å². The van der Waals surface area contributed by atoms with Crippen LogP contribution in [0.4, 0.5) is 0 Å². The van der Waals surface area contributed by atoms with Crippen molar-refractivity contribution in [1.29, 1.82) is 0 Å². The Morgan fingerprint density at radius 1 is 1.25 bits per heavy atom. The first kappa shape index (κ1) is 11.6. The van der Waals surface area contributed by atoms with Crippen molar-refractivity contribution in [2.24, 2.45) is 5.92 Å². The molecule has 0 aromatic heterocycles. The quantitative estimate of drug-likeness (QED) is 0.742. The van der Waals surface area contributed by atoms with Crippen molar-refractivity contribution in [2.45, 2.75) is 30.6 Å². The average Bonchev–Trinajstić information content (AvgIpc) is 3.11. The van der Waals surface area contributed by atoms with Gasteiger partial charge in [0.2, 0.25) is 0 Å². The molecule has 0 amide bonds. The van der Waals surface area contributed by atoms with Crippen LogP contribution in [0.2, 0.25) is 0 Å². The molecule has 1 aliphatic rings. The van der Waals surface area contributed by atoms with Gasteiger partial charge in [0, 0.05) is 0 Å². The number of benzene rings is 1. The summed E-state index contributed by atoms with van der Waals surface area (Å²) in [6.07, 6.45) is 4.97. The third-order valence-electron chi connectivity index (χ3n) is 2.97. The minimum atomic E-state index is -3.53. The second kappa shape index (κ2) is 4.55. The first-order valence-corrected chi connectivity index (χ1v) is 6.92. The van der Waals surface area contributed by atoms with Crippen LogP contribution in [0.3, 0.4) is 0 Å². The first-order valence-electron chi connectivity index (χ1n) is 5.51. The lowest BCUT2D eigenvalue weighted by Gasteiger charge is -2.03. The molecule has 1 aromatic rings. The summed E-state index contributed by atoms with van der Waals surface area (Å²) >= 11 is 0. The maximum Gasteiger partial charge on any atom is 0.296 e. The number of aryl methyl sites for hydroxylation is 1. The van der Waals surface area contributed by atoms with Crippen LogP contribution in [0.1, 0.15) is 24.8 Å². The van der Waals surface area contributed by atoms with Gasteiger partial charge in [-0.25, -0.2) is 0 Å². The summed E-state index contributed by atoms with van der Waals surface area (Å²) in [4.78, 5) is 0.227. The lowest BCUT2D eigenvalue weighted by molar-refractivity contribution is 0.398. The fraction of sp³-hybridized carbons (Fsp3) is 0.500. The van der Waals surface area contributed by atoms with Crippen molar-refractivity contribution in [2.75, 3.05) is 7.11 Å². The Morgan fingerprint density at radius 3 is 2.38 bits per heavy atom. The fourth-order valence-electron chi connectivity index (χ4n) is 1.70. The zero-order chi connectivity index (χ0) is 11.6. The lowest BCUT2D eigenvalue weighted by Crippen LogP contribution is -2.02. The molecule has 0 bridgehead atoms. The molecule has 1 fully saturated rings. The molecule has 3 nitrogen and oxygen atoms in total. The maximum absolute atomic E-state index is 11.4. The summed E-state index contributed by atoms with van der Waals surface area (Å²) in [5.41, 5.74) is 1.20. The van der Waals surface area contributed by atoms with Crippen LogP contribution in [-0.4, -0.2) is 15.5 Å². The summed E-state index contributed by atoms with van der Waals surface area (Å²) in [7, 11) is -2.36. The summed E-state index contributed by atoms with van der Waals surface area (Å²) in [5.74, 6) is 0.905. The molecule has 0 unspecified atom stereocenters. The first-order chi connectivity index (χ1) is 7.62. The van der Waals surface area contributed by atoms with E-state index in [-0.39, 0.29) is 4.90 Å². The Hall–Kier alpha value is -0.870.